The van der Waals surface area contributed by atoms with Crippen LogP contribution in [-0.2, 0) is 9.47 Å². The fourth-order valence-electron chi connectivity index (χ4n) is 3.34. The number of amides is 1. The van der Waals surface area contributed by atoms with Crippen LogP contribution < -0.4 is 0 Å². The minimum Gasteiger partial charge on any atom is -0.444 e. The first-order valence-corrected chi connectivity index (χ1v) is 8.33. The Morgan fingerprint density at radius 1 is 1.08 bits per heavy atom. The standard InChI is InChI=1S/C18H20N2O4/c21-17(14-3-1-13(2-4-14)16-11-19-12-24-16)20-7-5-15(6-8-20)18-22-9-10-23-18/h1-4,11-12,15,18H,5-10H2. The van der Waals surface area contributed by atoms with Crippen molar-refractivity contribution in [2.45, 2.75) is 19.1 Å². The summed E-state index contributed by atoms with van der Waals surface area (Å²) in [5, 5.41) is 0. The average Bonchev–Trinajstić information content (AvgIpc) is 3.35. The molecule has 0 N–H and O–H groups in total. The topological polar surface area (TPSA) is 64.8 Å². The van der Waals surface area contributed by atoms with Gasteiger partial charge in [0.2, 0.25) is 0 Å². The number of carbonyl (C=O) groups is 1. The van der Waals surface area contributed by atoms with Crippen molar-refractivity contribution in [1.29, 1.82) is 0 Å². The quantitative estimate of drug-likeness (QED) is 0.866. The van der Waals surface area contributed by atoms with E-state index in [1.54, 1.807) is 6.20 Å². The van der Waals surface area contributed by atoms with E-state index in [1.807, 2.05) is 29.2 Å². The molecule has 24 heavy (non-hydrogen) atoms. The highest BCUT2D eigenvalue weighted by Gasteiger charge is 2.31. The van der Waals surface area contributed by atoms with Crippen LogP contribution in [0.2, 0.25) is 0 Å². The number of ether oxygens (including phenoxy) is 2. The van der Waals surface area contributed by atoms with E-state index < -0.39 is 0 Å². The molecule has 2 aliphatic heterocycles. The summed E-state index contributed by atoms with van der Waals surface area (Å²) in [7, 11) is 0. The maximum Gasteiger partial charge on any atom is 0.253 e. The van der Waals surface area contributed by atoms with E-state index in [4.69, 9.17) is 13.9 Å². The summed E-state index contributed by atoms with van der Waals surface area (Å²) in [4.78, 5) is 18.5. The minimum absolute atomic E-state index is 0.0748. The van der Waals surface area contributed by atoms with Gasteiger partial charge in [-0.1, -0.05) is 12.1 Å². The van der Waals surface area contributed by atoms with Gasteiger partial charge < -0.3 is 18.8 Å². The zero-order chi connectivity index (χ0) is 16.4. The molecule has 6 nitrogen and oxygen atoms in total. The molecule has 2 aromatic rings. The number of rotatable bonds is 3. The van der Waals surface area contributed by atoms with E-state index in [0.29, 0.717) is 30.5 Å². The fourth-order valence-corrected chi connectivity index (χ4v) is 3.34. The molecule has 1 aromatic heterocycles. The van der Waals surface area contributed by atoms with Crippen molar-refractivity contribution in [2.75, 3.05) is 26.3 Å². The zero-order valence-electron chi connectivity index (χ0n) is 13.4. The van der Waals surface area contributed by atoms with Gasteiger partial charge in [0.05, 0.1) is 19.4 Å². The molecular weight excluding hydrogens is 308 g/mol. The summed E-state index contributed by atoms with van der Waals surface area (Å²) in [6.45, 7) is 2.86. The smallest absolute Gasteiger partial charge is 0.253 e. The Labute approximate surface area is 140 Å². The molecule has 3 heterocycles. The van der Waals surface area contributed by atoms with Crippen molar-refractivity contribution >= 4 is 5.91 Å². The Morgan fingerprint density at radius 2 is 1.79 bits per heavy atom. The van der Waals surface area contributed by atoms with Crippen LogP contribution in [-0.4, -0.2) is 48.4 Å². The van der Waals surface area contributed by atoms with Gasteiger partial charge >= 0.3 is 0 Å². The fraction of sp³-hybridized carbons (Fsp3) is 0.444. The summed E-state index contributed by atoms with van der Waals surface area (Å²) in [6.07, 6.45) is 4.83. The molecule has 6 heteroatoms. The number of piperidine rings is 1. The third-order valence-corrected chi connectivity index (χ3v) is 4.71. The second kappa shape index (κ2) is 6.75. The van der Waals surface area contributed by atoms with Crippen molar-refractivity contribution in [1.82, 2.24) is 9.88 Å². The monoisotopic (exact) mass is 328 g/mol. The number of nitrogens with zero attached hydrogens (tertiary/aromatic N) is 2. The maximum absolute atomic E-state index is 12.7. The Hall–Kier alpha value is -2.18. The maximum atomic E-state index is 12.7. The molecule has 0 atom stereocenters. The van der Waals surface area contributed by atoms with Gasteiger partial charge in [-0.15, -0.1) is 0 Å². The van der Waals surface area contributed by atoms with Gasteiger partial charge in [0.15, 0.2) is 18.4 Å². The molecule has 0 aliphatic carbocycles. The van der Waals surface area contributed by atoms with Crippen LogP contribution in [0.3, 0.4) is 0 Å². The third-order valence-electron chi connectivity index (χ3n) is 4.71. The lowest BCUT2D eigenvalue weighted by molar-refractivity contribution is -0.0956. The molecule has 4 rings (SSSR count). The Balaban J connectivity index is 1.37. The van der Waals surface area contributed by atoms with Crippen LogP contribution >= 0.6 is 0 Å². The van der Waals surface area contributed by atoms with Crippen molar-refractivity contribution in [3.8, 4) is 11.3 Å². The largest absolute Gasteiger partial charge is 0.444 e. The van der Waals surface area contributed by atoms with E-state index >= 15 is 0 Å². The van der Waals surface area contributed by atoms with Gasteiger partial charge in [0.1, 0.15) is 0 Å². The molecule has 0 bridgehead atoms. The second-order valence-corrected chi connectivity index (χ2v) is 6.18. The summed E-state index contributed by atoms with van der Waals surface area (Å²) in [5.41, 5.74) is 1.61. The number of benzene rings is 1. The first kappa shape index (κ1) is 15.4. The van der Waals surface area contributed by atoms with Gasteiger partial charge in [-0.3, -0.25) is 4.79 Å². The lowest BCUT2D eigenvalue weighted by Gasteiger charge is -2.33. The van der Waals surface area contributed by atoms with Crippen molar-refractivity contribution < 1.29 is 18.7 Å². The first-order chi connectivity index (χ1) is 11.8. The van der Waals surface area contributed by atoms with Crippen molar-refractivity contribution in [3.63, 3.8) is 0 Å². The lowest BCUT2D eigenvalue weighted by atomic mass is 9.95. The van der Waals surface area contributed by atoms with Crippen LogP contribution in [0.5, 0.6) is 0 Å². The summed E-state index contributed by atoms with van der Waals surface area (Å²) >= 11 is 0. The lowest BCUT2D eigenvalue weighted by Crippen LogP contribution is -2.41. The Kier molecular flexibility index (Phi) is 4.32. The molecule has 2 aliphatic rings. The SMILES string of the molecule is O=C(c1ccc(-c2cnco2)cc1)N1CCC(C2OCCO2)CC1. The molecule has 126 valence electrons. The van der Waals surface area contributed by atoms with Crippen LogP contribution in [0.1, 0.15) is 23.2 Å². The number of hydrogen-bond donors (Lipinski definition) is 0. The zero-order valence-corrected chi connectivity index (χ0v) is 13.4. The number of hydrogen-bond acceptors (Lipinski definition) is 5. The summed E-state index contributed by atoms with van der Waals surface area (Å²) in [5.74, 6) is 1.17. The minimum atomic E-state index is -0.0801. The molecule has 0 saturated carbocycles. The van der Waals surface area contributed by atoms with Crippen molar-refractivity contribution in [2.24, 2.45) is 5.92 Å². The van der Waals surface area contributed by atoms with Gasteiger partial charge in [0.25, 0.3) is 5.91 Å². The number of aromatic nitrogens is 1. The van der Waals surface area contributed by atoms with Crippen LogP contribution in [0.15, 0.2) is 41.3 Å². The van der Waals surface area contributed by atoms with E-state index in [2.05, 4.69) is 4.98 Å². The highest BCUT2D eigenvalue weighted by Crippen LogP contribution is 2.27. The number of oxazole rings is 1. The number of carbonyl (C=O) groups excluding carboxylic acids is 1. The molecule has 0 spiro atoms. The molecule has 0 unspecified atom stereocenters. The number of likely N-dealkylation sites (tertiary alicyclic amines) is 1. The molecule has 1 aromatic carbocycles. The molecule has 2 fully saturated rings. The van der Waals surface area contributed by atoms with Gasteiger partial charge in [-0.2, -0.15) is 0 Å². The van der Waals surface area contributed by atoms with E-state index in [1.165, 1.54) is 6.39 Å². The van der Waals surface area contributed by atoms with Crippen LogP contribution in [0.4, 0.5) is 0 Å². The van der Waals surface area contributed by atoms with E-state index in [9.17, 15) is 4.79 Å². The van der Waals surface area contributed by atoms with Gasteiger partial charge in [0, 0.05) is 30.1 Å². The summed E-state index contributed by atoms with van der Waals surface area (Å²) in [6, 6.07) is 7.46. The Morgan fingerprint density at radius 3 is 2.42 bits per heavy atom. The van der Waals surface area contributed by atoms with Crippen molar-refractivity contribution in [3.05, 3.63) is 42.4 Å². The average molecular weight is 328 g/mol. The summed E-state index contributed by atoms with van der Waals surface area (Å²) < 4.78 is 16.4. The Bertz CT molecular complexity index is 670. The second-order valence-electron chi connectivity index (χ2n) is 6.18. The van der Waals surface area contributed by atoms with Crippen LogP contribution in [0, 0.1) is 5.92 Å². The van der Waals surface area contributed by atoms with Gasteiger partial charge in [-0.05, 0) is 25.0 Å². The molecule has 1 amide bonds. The third kappa shape index (κ3) is 3.07. The van der Waals surface area contributed by atoms with Gasteiger partial charge in [-0.25, -0.2) is 4.98 Å². The highest BCUT2D eigenvalue weighted by molar-refractivity contribution is 5.94. The van der Waals surface area contributed by atoms with E-state index in [-0.39, 0.29) is 12.2 Å². The normalized spacial score (nSPS) is 19.8. The molecular formula is C18H20N2O4. The predicted molar refractivity (Wildman–Crippen MR) is 86.3 cm³/mol. The van der Waals surface area contributed by atoms with Crippen LogP contribution in [0.25, 0.3) is 11.3 Å². The van der Waals surface area contributed by atoms with E-state index in [0.717, 1.165) is 31.5 Å². The predicted octanol–water partition coefficient (Wildman–Crippen LogP) is 2.57. The first-order valence-electron chi connectivity index (χ1n) is 8.33. The highest BCUT2D eigenvalue weighted by atomic mass is 16.7. The molecule has 2 saturated heterocycles. The molecule has 0 radical (unpaired) electrons.